The molecule has 1 aliphatic rings. The van der Waals surface area contributed by atoms with Crippen molar-refractivity contribution in [3.05, 3.63) is 0 Å². The summed E-state index contributed by atoms with van der Waals surface area (Å²) in [4.78, 5) is 4.61. The highest BCUT2D eigenvalue weighted by molar-refractivity contribution is 8.68. The molecule has 6 heteroatoms. The predicted molar refractivity (Wildman–Crippen MR) is 91.8 cm³/mol. The monoisotopic (exact) mass is 322 g/mol. The quantitative estimate of drug-likeness (QED) is 0.288. The Balaban J connectivity index is 2.38. The standard InChI is InChI=1S/C13H27N2OPS2/c1-3-5-11-19-17(18,16-4-2)15-12-14-13-9-7-6-8-10-13/h12-13H,3-11H2,1-2H3,(H,14,15,18). The fourth-order valence-corrected chi connectivity index (χ4v) is 6.62. The maximum Gasteiger partial charge on any atom is 0.211 e. The van der Waals surface area contributed by atoms with Crippen LogP contribution in [0, 0.1) is 0 Å². The van der Waals surface area contributed by atoms with Gasteiger partial charge < -0.3 is 9.61 Å². The summed E-state index contributed by atoms with van der Waals surface area (Å²) in [5.41, 5.74) is -1.97. The molecule has 0 spiro atoms. The van der Waals surface area contributed by atoms with E-state index < -0.39 is 5.62 Å². The average molecular weight is 322 g/mol. The van der Waals surface area contributed by atoms with Crippen LogP contribution in [0.15, 0.2) is 4.99 Å². The van der Waals surface area contributed by atoms with Crippen molar-refractivity contribution >= 4 is 35.1 Å². The van der Waals surface area contributed by atoms with Crippen molar-refractivity contribution in [1.29, 1.82) is 0 Å². The summed E-state index contributed by atoms with van der Waals surface area (Å²) < 4.78 is 5.75. The van der Waals surface area contributed by atoms with Crippen LogP contribution in [0.3, 0.4) is 0 Å². The first kappa shape index (κ1) is 17.5. The van der Waals surface area contributed by atoms with Gasteiger partial charge in [0.1, 0.15) is 0 Å². The van der Waals surface area contributed by atoms with E-state index in [-0.39, 0.29) is 0 Å². The van der Waals surface area contributed by atoms with E-state index in [2.05, 4.69) is 17.0 Å². The lowest BCUT2D eigenvalue weighted by molar-refractivity contribution is 0.383. The van der Waals surface area contributed by atoms with E-state index in [9.17, 15) is 0 Å². The van der Waals surface area contributed by atoms with Gasteiger partial charge in [-0.3, -0.25) is 4.99 Å². The molecule has 19 heavy (non-hydrogen) atoms. The van der Waals surface area contributed by atoms with Gasteiger partial charge in [0.05, 0.1) is 19.0 Å². The molecule has 1 N–H and O–H groups in total. The number of hydrogen-bond donors (Lipinski definition) is 1. The van der Waals surface area contributed by atoms with Crippen LogP contribution in [-0.2, 0) is 16.3 Å². The topological polar surface area (TPSA) is 33.6 Å². The van der Waals surface area contributed by atoms with E-state index in [1.165, 1.54) is 44.9 Å². The second-order valence-corrected chi connectivity index (χ2v) is 11.5. The third kappa shape index (κ3) is 7.69. The first-order chi connectivity index (χ1) is 9.20. The fraction of sp³-hybridized carbons (Fsp3) is 0.923. The minimum absolute atomic E-state index is 0.493. The summed E-state index contributed by atoms with van der Waals surface area (Å²) in [6, 6.07) is 0.493. The molecule has 0 bridgehead atoms. The average Bonchev–Trinajstić information content (AvgIpc) is 2.40. The molecule has 0 aromatic carbocycles. The second kappa shape index (κ2) is 10.2. The van der Waals surface area contributed by atoms with Gasteiger partial charge in [0.25, 0.3) is 0 Å². The largest absolute Gasteiger partial charge is 0.327 e. The Kier molecular flexibility index (Phi) is 9.38. The van der Waals surface area contributed by atoms with Gasteiger partial charge in [-0.05, 0) is 38.0 Å². The van der Waals surface area contributed by atoms with Crippen LogP contribution in [0.2, 0.25) is 0 Å². The van der Waals surface area contributed by atoms with Crippen molar-refractivity contribution in [2.24, 2.45) is 4.99 Å². The highest BCUT2D eigenvalue weighted by atomic mass is 32.9. The van der Waals surface area contributed by atoms with Crippen molar-refractivity contribution < 1.29 is 4.52 Å². The summed E-state index contributed by atoms with van der Waals surface area (Å²) in [7, 11) is 0. The van der Waals surface area contributed by atoms with E-state index in [4.69, 9.17) is 16.3 Å². The summed E-state index contributed by atoms with van der Waals surface area (Å²) in [5, 5.41) is 3.28. The Morgan fingerprint density at radius 2 is 2.11 bits per heavy atom. The van der Waals surface area contributed by atoms with Crippen LogP contribution in [0.1, 0.15) is 58.8 Å². The lowest BCUT2D eigenvalue weighted by Crippen LogP contribution is -2.14. The maximum atomic E-state index is 5.75. The Labute approximate surface area is 127 Å². The molecular weight excluding hydrogens is 295 g/mol. The highest BCUT2D eigenvalue weighted by Crippen LogP contribution is 2.55. The molecule has 0 aliphatic heterocycles. The van der Waals surface area contributed by atoms with E-state index in [0.717, 1.165) is 5.75 Å². The van der Waals surface area contributed by atoms with E-state index in [0.29, 0.717) is 12.6 Å². The number of nitrogens with zero attached hydrogens (tertiary/aromatic N) is 1. The normalized spacial score (nSPS) is 20.5. The third-order valence-corrected chi connectivity index (χ3v) is 8.76. The van der Waals surface area contributed by atoms with Gasteiger partial charge in [0.2, 0.25) is 5.62 Å². The van der Waals surface area contributed by atoms with Gasteiger partial charge in [-0.2, -0.15) is 0 Å². The summed E-state index contributed by atoms with van der Waals surface area (Å²) in [6.45, 7) is 4.87. The Hall–Kier alpha value is 0.430. The Morgan fingerprint density at radius 3 is 2.74 bits per heavy atom. The van der Waals surface area contributed by atoms with Crippen LogP contribution < -0.4 is 5.09 Å². The van der Waals surface area contributed by atoms with Crippen molar-refractivity contribution in [2.45, 2.75) is 64.8 Å². The SMILES string of the molecule is CCCCSP(=S)(N/C=N/C1CCCCC1)OCC. The zero-order valence-corrected chi connectivity index (χ0v) is 14.7. The predicted octanol–water partition coefficient (Wildman–Crippen LogP) is 4.73. The summed E-state index contributed by atoms with van der Waals surface area (Å²) >= 11 is 7.39. The van der Waals surface area contributed by atoms with Crippen molar-refractivity contribution in [3.8, 4) is 0 Å². The lowest BCUT2D eigenvalue weighted by Gasteiger charge is -2.21. The first-order valence-electron chi connectivity index (χ1n) is 7.38. The Morgan fingerprint density at radius 1 is 1.37 bits per heavy atom. The highest BCUT2D eigenvalue weighted by Gasteiger charge is 2.16. The molecule has 0 heterocycles. The van der Waals surface area contributed by atoms with Gasteiger partial charge in [0, 0.05) is 5.75 Å². The molecule has 1 fully saturated rings. The van der Waals surface area contributed by atoms with Gasteiger partial charge in [-0.15, -0.1) is 0 Å². The van der Waals surface area contributed by atoms with Crippen molar-refractivity contribution in [2.75, 3.05) is 12.4 Å². The molecule has 1 atom stereocenters. The zero-order valence-electron chi connectivity index (χ0n) is 12.1. The molecule has 0 saturated heterocycles. The fourth-order valence-electron chi connectivity index (χ4n) is 2.05. The van der Waals surface area contributed by atoms with Gasteiger partial charge in [-0.1, -0.05) is 44.0 Å². The van der Waals surface area contributed by atoms with Crippen LogP contribution in [0.25, 0.3) is 0 Å². The zero-order chi connectivity index (χ0) is 14.0. The van der Waals surface area contributed by atoms with E-state index in [1.54, 1.807) is 11.4 Å². The van der Waals surface area contributed by atoms with Gasteiger partial charge in [-0.25, -0.2) is 0 Å². The van der Waals surface area contributed by atoms with Crippen molar-refractivity contribution in [1.82, 2.24) is 5.09 Å². The number of nitrogens with one attached hydrogen (secondary N) is 1. The molecule has 0 amide bonds. The molecule has 112 valence electrons. The minimum Gasteiger partial charge on any atom is -0.327 e. The molecule has 1 rings (SSSR count). The smallest absolute Gasteiger partial charge is 0.211 e. The molecule has 1 aliphatic carbocycles. The van der Waals surface area contributed by atoms with Gasteiger partial charge >= 0.3 is 0 Å². The lowest BCUT2D eigenvalue weighted by atomic mass is 9.96. The van der Waals surface area contributed by atoms with Crippen LogP contribution in [0.5, 0.6) is 0 Å². The summed E-state index contributed by atoms with van der Waals surface area (Å²) in [5.74, 6) is 1.07. The first-order valence-corrected chi connectivity index (χ1v) is 11.7. The van der Waals surface area contributed by atoms with E-state index >= 15 is 0 Å². The second-order valence-electron chi connectivity index (χ2n) is 4.80. The van der Waals surface area contributed by atoms with Crippen LogP contribution in [-0.4, -0.2) is 24.7 Å². The van der Waals surface area contributed by atoms with Crippen LogP contribution in [0.4, 0.5) is 0 Å². The van der Waals surface area contributed by atoms with Crippen LogP contribution >= 0.6 is 17.0 Å². The molecule has 0 radical (unpaired) electrons. The van der Waals surface area contributed by atoms with E-state index in [1.807, 2.05) is 13.3 Å². The maximum absolute atomic E-state index is 5.75. The molecule has 0 aromatic heterocycles. The Bertz CT molecular complexity index is 307. The molecule has 3 nitrogen and oxygen atoms in total. The minimum atomic E-state index is -1.97. The number of aliphatic imine (C=N–C) groups is 1. The molecule has 1 unspecified atom stereocenters. The van der Waals surface area contributed by atoms with Crippen molar-refractivity contribution in [3.63, 3.8) is 0 Å². The third-order valence-electron chi connectivity index (χ3n) is 3.13. The molecule has 0 aromatic rings. The summed E-state index contributed by atoms with van der Waals surface area (Å²) in [6.07, 6.45) is 10.6. The molecular formula is C13H27N2OPS2. The number of hydrogen-bond acceptors (Lipinski definition) is 4. The van der Waals surface area contributed by atoms with Gasteiger partial charge in [0.15, 0.2) is 0 Å². The number of rotatable bonds is 9. The molecule has 1 saturated carbocycles. The number of unbranched alkanes of at least 4 members (excludes halogenated alkanes) is 1.